The summed E-state index contributed by atoms with van der Waals surface area (Å²) in [5, 5.41) is 9.42. The van der Waals surface area contributed by atoms with Crippen molar-refractivity contribution in [3.63, 3.8) is 0 Å². The SMILES string of the molecule is C=C(CCCCCBr)C(=O)O. The Bertz CT molecular complexity index is 143. The quantitative estimate of drug-likeness (QED) is 0.425. The third kappa shape index (κ3) is 6.10. The molecule has 0 bridgehead atoms. The van der Waals surface area contributed by atoms with E-state index in [1.165, 1.54) is 0 Å². The molecule has 3 heteroatoms. The van der Waals surface area contributed by atoms with Crippen LogP contribution in [-0.4, -0.2) is 16.4 Å². The van der Waals surface area contributed by atoms with Gasteiger partial charge in [-0.2, -0.15) is 0 Å². The van der Waals surface area contributed by atoms with Crippen LogP contribution >= 0.6 is 15.9 Å². The van der Waals surface area contributed by atoms with Crippen molar-refractivity contribution in [1.82, 2.24) is 0 Å². The fourth-order valence-electron chi connectivity index (χ4n) is 0.717. The van der Waals surface area contributed by atoms with Gasteiger partial charge in [-0.25, -0.2) is 4.79 Å². The van der Waals surface area contributed by atoms with Crippen molar-refractivity contribution >= 4 is 21.9 Å². The van der Waals surface area contributed by atoms with E-state index in [4.69, 9.17) is 5.11 Å². The Morgan fingerprint density at radius 3 is 2.45 bits per heavy atom. The molecule has 0 aromatic heterocycles. The third-order valence-corrected chi connectivity index (χ3v) is 1.98. The lowest BCUT2D eigenvalue weighted by Gasteiger charge is -1.98. The number of carboxylic acid groups (broad SMARTS) is 1. The molecule has 0 aliphatic heterocycles. The van der Waals surface area contributed by atoms with Crippen LogP contribution in [0, 0.1) is 0 Å². The average Bonchev–Trinajstić information content (AvgIpc) is 1.97. The molecule has 0 aliphatic carbocycles. The van der Waals surface area contributed by atoms with Crippen LogP contribution in [0.25, 0.3) is 0 Å². The molecule has 2 nitrogen and oxygen atoms in total. The van der Waals surface area contributed by atoms with E-state index < -0.39 is 5.97 Å². The van der Waals surface area contributed by atoms with Crippen LogP contribution in [0.15, 0.2) is 12.2 Å². The van der Waals surface area contributed by atoms with Gasteiger partial charge in [0.2, 0.25) is 0 Å². The molecular formula is C8H13BrO2. The molecular weight excluding hydrogens is 208 g/mol. The highest BCUT2D eigenvalue weighted by Crippen LogP contribution is 2.07. The van der Waals surface area contributed by atoms with Gasteiger partial charge in [-0.15, -0.1) is 0 Å². The van der Waals surface area contributed by atoms with E-state index in [0.717, 1.165) is 24.6 Å². The van der Waals surface area contributed by atoms with Gasteiger partial charge in [-0.1, -0.05) is 28.9 Å². The largest absolute Gasteiger partial charge is 0.478 e. The molecule has 0 spiro atoms. The van der Waals surface area contributed by atoms with Crippen molar-refractivity contribution in [2.75, 3.05) is 5.33 Å². The minimum atomic E-state index is -0.871. The highest BCUT2D eigenvalue weighted by atomic mass is 79.9. The molecule has 11 heavy (non-hydrogen) atoms. The summed E-state index contributed by atoms with van der Waals surface area (Å²) in [5.74, 6) is -0.871. The summed E-state index contributed by atoms with van der Waals surface area (Å²) in [6, 6.07) is 0. The van der Waals surface area contributed by atoms with Gasteiger partial charge in [0.15, 0.2) is 0 Å². The standard InChI is InChI=1S/C8H13BrO2/c1-7(8(10)11)5-3-2-4-6-9/h1-6H2,(H,10,11). The lowest BCUT2D eigenvalue weighted by Crippen LogP contribution is -1.98. The van der Waals surface area contributed by atoms with Gasteiger partial charge in [-0.3, -0.25) is 0 Å². The zero-order chi connectivity index (χ0) is 8.69. The van der Waals surface area contributed by atoms with Gasteiger partial charge < -0.3 is 5.11 Å². The number of hydrogen-bond acceptors (Lipinski definition) is 1. The summed E-state index contributed by atoms with van der Waals surface area (Å²) in [6.45, 7) is 3.44. The van der Waals surface area contributed by atoms with E-state index >= 15 is 0 Å². The van der Waals surface area contributed by atoms with E-state index in [2.05, 4.69) is 22.5 Å². The maximum absolute atomic E-state index is 10.3. The molecule has 0 rings (SSSR count). The van der Waals surface area contributed by atoms with Crippen molar-refractivity contribution in [3.8, 4) is 0 Å². The second-order valence-electron chi connectivity index (χ2n) is 2.41. The molecule has 0 radical (unpaired) electrons. The first-order valence-electron chi connectivity index (χ1n) is 3.65. The van der Waals surface area contributed by atoms with Crippen molar-refractivity contribution in [3.05, 3.63) is 12.2 Å². The van der Waals surface area contributed by atoms with E-state index in [0.29, 0.717) is 12.0 Å². The number of rotatable bonds is 6. The van der Waals surface area contributed by atoms with E-state index in [1.807, 2.05) is 0 Å². The molecule has 0 aromatic rings. The van der Waals surface area contributed by atoms with Crippen LogP contribution in [0.2, 0.25) is 0 Å². The molecule has 0 fully saturated rings. The normalized spacial score (nSPS) is 9.55. The minimum absolute atomic E-state index is 0.319. The number of halogens is 1. The number of alkyl halides is 1. The van der Waals surface area contributed by atoms with Gasteiger partial charge in [-0.05, 0) is 19.3 Å². The zero-order valence-corrected chi connectivity index (χ0v) is 8.06. The Morgan fingerprint density at radius 2 is 2.00 bits per heavy atom. The predicted molar refractivity (Wildman–Crippen MR) is 49.0 cm³/mol. The highest BCUT2D eigenvalue weighted by molar-refractivity contribution is 9.09. The van der Waals surface area contributed by atoms with Crippen LogP contribution in [0.3, 0.4) is 0 Å². The summed E-state index contributed by atoms with van der Waals surface area (Å²) < 4.78 is 0. The van der Waals surface area contributed by atoms with Crippen molar-refractivity contribution in [2.45, 2.75) is 25.7 Å². The average molecular weight is 221 g/mol. The molecule has 0 amide bonds. The number of hydrogen-bond donors (Lipinski definition) is 1. The monoisotopic (exact) mass is 220 g/mol. The van der Waals surface area contributed by atoms with Gasteiger partial charge in [0.05, 0.1) is 0 Å². The van der Waals surface area contributed by atoms with E-state index in [9.17, 15) is 4.79 Å². The van der Waals surface area contributed by atoms with Crippen molar-refractivity contribution in [2.24, 2.45) is 0 Å². The minimum Gasteiger partial charge on any atom is -0.478 e. The summed E-state index contributed by atoms with van der Waals surface area (Å²) in [7, 11) is 0. The Hall–Kier alpha value is -0.310. The number of carboxylic acids is 1. The Morgan fingerprint density at radius 1 is 1.36 bits per heavy atom. The van der Waals surface area contributed by atoms with Crippen LogP contribution in [0.5, 0.6) is 0 Å². The number of aliphatic carboxylic acids is 1. The smallest absolute Gasteiger partial charge is 0.330 e. The zero-order valence-electron chi connectivity index (χ0n) is 6.48. The predicted octanol–water partition coefficient (Wildman–Crippen LogP) is 2.58. The first kappa shape index (κ1) is 10.7. The summed E-state index contributed by atoms with van der Waals surface area (Å²) in [4.78, 5) is 10.3. The molecule has 0 saturated carbocycles. The molecule has 64 valence electrons. The second-order valence-corrected chi connectivity index (χ2v) is 3.20. The lowest BCUT2D eigenvalue weighted by molar-refractivity contribution is -0.132. The molecule has 0 unspecified atom stereocenters. The summed E-state index contributed by atoms with van der Waals surface area (Å²) in [6.07, 6.45) is 3.71. The third-order valence-electron chi connectivity index (χ3n) is 1.41. The van der Waals surface area contributed by atoms with Crippen LogP contribution < -0.4 is 0 Å². The topological polar surface area (TPSA) is 37.3 Å². The lowest BCUT2D eigenvalue weighted by atomic mass is 10.1. The van der Waals surface area contributed by atoms with Gasteiger partial charge >= 0.3 is 5.97 Å². The van der Waals surface area contributed by atoms with Gasteiger partial charge in [0.1, 0.15) is 0 Å². The fourth-order valence-corrected chi connectivity index (χ4v) is 1.11. The van der Waals surface area contributed by atoms with Crippen LogP contribution in [0.1, 0.15) is 25.7 Å². The van der Waals surface area contributed by atoms with Crippen LogP contribution in [0.4, 0.5) is 0 Å². The molecule has 0 aliphatic rings. The maximum Gasteiger partial charge on any atom is 0.330 e. The summed E-state index contributed by atoms with van der Waals surface area (Å²) in [5.41, 5.74) is 0.319. The van der Waals surface area contributed by atoms with Crippen molar-refractivity contribution < 1.29 is 9.90 Å². The Kier molecular flexibility index (Phi) is 6.22. The summed E-state index contributed by atoms with van der Waals surface area (Å²) >= 11 is 3.31. The second kappa shape index (κ2) is 6.40. The van der Waals surface area contributed by atoms with Crippen LogP contribution in [-0.2, 0) is 4.79 Å². The highest BCUT2D eigenvalue weighted by Gasteiger charge is 2.01. The van der Waals surface area contributed by atoms with Crippen molar-refractivity contribution in [1.29, 1.82) is 0 Å². The molecule has 0 atom stereocenters. The first-order valence-corrected chi connectivity index (χ1v) is 4.77. The number of carbonyl (C=O) groups is 1. The molecule has 0 aromatic carbocycles. The molecule has 1 N–H and O–H groups in total. The molecule has 0 heterocycles. The maximum atomic E-state index is 10.3. The Labute approximate surface area is 75.4 Å². The Balaban J connectivity index is 3.25. The first-order chi connectivity index (χ1) is 5.18. The van der Waals surface area contributed by atoms with Gasteiger partial charge in [0.25, 0.3) is 0 Å². The fraction of sp³-hybridized carbons (Fsp3) is 0.625. The van der Waals surface area contributed by atoms with E-state index in [-0.39, 0.29) is 0 Å². The molecule has 0 saturated heterocycles. The number of unbranched alkanes of at least 4 members (excludes halogenated alkanes) is 2. The van der Waals surface area contributed by atoms with E-state index in [1.54, 1.807) is 0 Å². The van der Waals surface area contributed by atoms with Gasteiger partial charge in [0, 0.05) is 10.9 Å².